The first-order valence-electron chi connectivity index (χ1n) is 4.86. The SMILES string of the molecule is CC(=O)Cc1c(SC(F)(F)F)cccc1C(F)F. The average molecular weight is 284 g/mol. The number of alkyl halides is 5. The molecule has 0 radical (unpaired) electrons. The van der Waals surface area contributed by atoms with Gasteiger partial charge in [0.15, 0.2) is 0 Å². The Hall–Kier alpha value is -1.11. The van der Waals surface area contributed by atoms with E-state index in [0.29, 0.717) is 0 Å². The molecule has 0 saturated heterocycles. The van der Waals surface area contributed by atoms with Crippen LogP contribution in [0.2, 0.25) is 0 Å². The predicted octanol–water partition coefficient (Wildman–Crippen LogP) is 4.37. The van der Waals surface area contributed by atoms with Gasteiger partial charge >= 0.3 is 5.51 Å². The van der Waals surface area contributed by atoms with Crippen LogP contribution in [0.25, 0.3) is 0 Å². The van der Waals surface area contributed by atoms with Gasteiger partial charge in [-0.15, -0.1) is 0 Å². The van der Waals surface area contributed by atoms with Crippen molar-refractivity contribution in [3.8, 4) is 0 Å². The van der Waals surface area contributed by atoms with Gasteiger partial charge in [-0.05, 0) is 30.3 Å². The molecule has 0 aliphatic carbocycles. The Bertz CT molecular complexity index is 442. The Kier molecular flexibility index (Phi) is 4.72. The molecular weight excluding hydrogens is 275 g/mol. The van der Waals surface area contributed by atoms with Crippen molar-refractivity contribution >= 4 is 17.5 Å². The van der Waals surface area contributed by atoms with Gasteiger partial charge in [0, 0.05) is 16.9 Å². The number of carbonyl (C=O) groups is 1. The molecule has 0 unspecified atom stereocenters. The molecule has 0 spiro atoms. The highest BCUT2D eigenvalue weighted by Gasteiger charge is 2.31. The Morgan fingerprint density at radius 1 is 1.33 bits per heavy atom. The molecule has 0 aliphatic rings. The van der Waals surface area contributed by atoms with Gasteiger partial charge in [0.25, 0.3) is 6.43 Å². The molecule has 7 heteroatoms. The number of carbonyl (C=O) groups excluding carboxylic acids is 1. The predicted molar refractivity (Wildman–Crippen MR) is 57.7 cm³/mol. The van der Waals surface area contributed by atoms with E-state index in [1.165, 1.54) is 0 Å². The van der Waals surface area contributed by atoms with Crippen LogP contribution in [0, 0.1) is 0 Å². The molecule has 0 aromatic heterocycles. The number of Topliss-reactive ketones (excluding diaryl/α,β-unsaturated/α-hetero) is 1. The molecule has 100 valence electrons. The monoisotopic (exact) mass is 284 g/mol. The van der Waals surface area contributed by atoms with E-state index in [1.54, 1.807) is 0 Å². The van der Waals surface area contributed by atoms with Crippen LogP contribution in [0.5, 0.6) is 0 Å². The van der Waals surface area contributed by atoms with Gasteiger partial charge < -0.3 is 0 Å². The van der Waals surface area contributed by atoms with Gasteiger partial charge in [-0.3, -0.25) is 4.79 Å². The fourth-order valence-electron chi connectivity index (χ4n) is 1.45. The van der Waals surface area contributed by atoms with Gasteiger partial charge in [0.05, 0.1) is 0 Å². The number of thioether (sulfide) groups is 1. The minimum Gasteiger partial charge on any atom is -0.300 e. The van der Waals surface area contributed by atoms with Crippen molar-refractivity contribution in [1.82, 2.24) is 0 Å². The van der Waals surface area contributed by atoms with Crippen LogP contribution in [-0.2, 0) is 11.2 Å². The maximum absolute atomic E-state index is 12.7. The number of halogens is 5. The summed E-state index contributed by atoms with van der Waals surface area (Å²) in [4.78, 5) is 10.6. The summed E-state index contributed by atoms with van der Waals surface area (Å²) in [6.45, 7) is 1.14. The maximum atomic E-state index is 12.7. The standard InChI is InChI=1S/C11H9F5OS/c1-6(17)5-8-7(10(12)13)3-2-4-9(8)18-11(14,15)16/h2-4,10H,5H2,1H3. The number of ketones is 1. The van der Waals surface area contributed by atoms with E-state index in [9.17, 15) is 26.7 Å². The molecule has 0 atom stereocenters. The zero-order chi connectivity index (χ0) is 13.9. The first-order valence-corrected chi connectivity index (χ1v) is 5.67. The topological polar surface area (TPSA) is 17.1 Å². The molecule has 0 saturated carbocycles. The molecule has 1 nitrogen and oxygen atoms in total. The van der Waals surface area contributed by atoms with Crippen molar-refractivity contribution in [2.45, 2.75) is 30.2 Å². The quantitative estimate of drug-likeness (QED) is 0.603. The number of hydrogen-bond donors (Lipinski definition) is 0. The summed E-state index contributed by atoms with van der Waals surface area (Å²) in [5, 5.41) is 0. The van der Waals surface area contributed by atoms with E-state index in [-0.39, 0.29) is 10.5 Å². The van der Waals surface area contributed by atoms with Crippen molar-refractivity contribution in [2.24, 2.45) is 0 Å². The molecule has 0 aliphatic heterocycles. The second-order valence-electron chi connectivity index (χ2n) is 3.55. The Morgan fingerprint density at radius 3 is 2.39 bits per heavy atom. The van der Waals surface area contributed by atoms with Gasteiger partial charge in [-0.25, -0.2) is 8.78 Å². The first-order chi connectivity index (χ1) is 8.20. The van der Waals surface area contributed by atoms with Crippen molar-refractivity contribution in [3.63, 3.8) is 0 Å². The zero-order valence-corrected chi connectivity index (χ0v) is 10.0. The summed E-state index contributed by atoms with van der Waals surface area (Å²) in [5.41, 5.74) is -5.35. The summed E-state index contributed by atoms with van der Waals surface area (Å²) in [6.07, 6.45) is -3.34. The molecule has 1 aromatic rings. The van der Waals surface area contributed by atoms with Gasteiger partial charge in [0.1, 0.15) is 5.78 Å². The lowest BCUT2D eigenvalue weighted by atomic mass is 10.0. The van der Waals surface area contributed by atoms with E-state index in [4.69, 9.17) is 0 Å². The summed E-state index contributed by atoms with van der Waals surface area (Å²) in [7, 11) is 0. The molecular formula is C11H9F5OS. The van der Waals surface area contributed by atoms with Crippen LogP contribution in [0.3, 0.4) is 0 Å². The highest BCUT2D eigenvalue weighted by Crippen LogP contribution is 2.41. The van der Waals surface area contributed by atoms with E-state index in [2.05, 4.69) is 0 Å². The number of benzene rings is 1. The Balaban J connectivity index is 3.23. The maximum Gasteiger partial charge on any atom is 0.446 e. The molecule has 0 amide bonds. The minimum atomic E-state index is -4.58. The highest BCUT2D eigenvalue weighted by molar-refractivity contribution is 8.00. The third-order valence-corrected chi connectivity index (χ3v) is 2.89. The van der Waals surface area contributed by atoms with Crippen LogP contribution in [0.1, 0.15) is 24.5 Å². The van der Waals surface area contributed by atoms with Crippen LogP contribution >= 0.6 is 11.8 Å². The lowest BCUT2D eigenvalue weighted by molar-refractivity contribution is -0.116. The van der Waals surface area contributed by atoms with Gasteiger partial charge in [-0.2, -0.15) is 13.2 Å². The molecule has 0 bridgehead atoms. The number of rotatable bonds is 4. The lowest BCUT2D eigenvalue weighted by Crippen LogP contribution is -2.07. The average Bonchev–Trinajstić information content (AvgIpc) is 2.17. The van der Waals surface area contributed by atoms with Crippen molar-refractivity contribution in [1.29, 1.82) is 0 Å². The Morgan fingerprint density at radius 2 is 1.94 bits per heavy atom. The van der Waals surface area contributed by atoms with E-state index < -0.39 is 41.5 Å². The fourth-order valence-corrected chi connectivity index (χ4v) is 2.15. The summed E-state index contributed by atoms with van der Waals surface area (Å²) < 4.78 is 62.2. The van der Waals surface area contributed by atoms with Crippen molar-refractivity contribution in [2.75, 3.05) is 0 Å². The summed E-state index contributed by atoms with van der Waals surface area (Å²) in [6, 6.07) is 3.24. The van der Waals surface area contributed by atoms with Crippen LogP contribution in [0.15, 0.2) is 23.1 Å². The van der Waals surface area contributed by atoms with E-state index in [0.717, 1.165) is 25.1 Å². The van der Waals surface area contributed by atoms with Gasteiger partial charge in [0.2, 0.25) is 0 Å². The fraction of sp³-hybridized carbons (Fsp3) is 0.364. The zero-order valence-electron chi connectivity index (χ0n) is 9.22. The van der Waals surface area contributed by atoms with Crippen LogP contribution in [-0.4, -0.2) is 11.3 Å². The lowest BCUT2D eigenvalue weighted by Gasteiger charge is -2.14. The largest absolute Gasteiger partial charge is 0.446 e. The van der Waals surface area contributed by atoms with Crippen LogP contribution < -0.4 is 0 Å². The number of hydrogen-bond acceptors (Lipinski definition) is 2. The third kappa shape index (κ3) is 4.29. The summed E-state index contributed by atoms with van der Waals surface area (Å²) >= 11 is -0.485. The first kappa shape index (κ1) is 14.9. The van der Waals surface area contributed by atoms with E-state index >= 15 is 0 Å². The second-order valence-corrected chi connectivity index (χ2v) is 4.66. The van der Waals surface area contributed by atoms with Crippen molar-refractivity contribution < 1.29 is 26.7 Å². The molecule has 0 N–H and O–H groups in total. The molecule has 18 heavy (non-hydrogen) atoms. The molecule has 0 fully saturated rings. The highest BCUT2D eigenvalue weighted by atomic mass is 32.2. The van der Waals surface area contributed by atoms with Gasteiger partial charge in [-0.1, -0.05) is 12.1 Å². The minimum absolute atomic E-state index is 0.248. The smallest absolute Gasteiger partial charge is 0.300 e. The molecule has 1 rings (SSSR count). The normalized spacial score (nSPS) is 11.9. The van der Waals surface area contributed by atoms with Crippen LogP contribution in [0.4, 0.5) is 22.0 Å². The van der Waals surface area contributed by atoms with E-state index in [1.807, 2.05) is 0 Å². The second kappa shape index (κ2) is 5.69. The summed E-state index contributed by atoms with van der Waals surface area (Å²) in [5.74, 6) is -0.466. The molecule has 0 heterocycles. The van der Waals surface area contributed by atoms with Crippen molar-refractivity contribution in [3.05, 3.63) is 29.3 Å². The molecule has 1 aromatic carbocycles. The Labute approximate surface area is 104 Å². The third-order valence-electron chi connectivity index (χ3n) is 2.06.